The Balaban J connectivity index is 1.54. The van der Waals surface area contributed by atoms with Gasteiger partial charge in [-0.2, -0.15) is 10.4 Å². The molecule has 1 aromatic carbocycles. The van der Waals surface area contributed by atoms with Crippen molar-refractivity contribution in [1.29, 1.82) is 5.26 Å². The van der Waals surface area contributed by atoms with E-state index in [9.17, 15) is 14.3 Å². The number of benzene rings is 1. The standard InChI is InChI=1S/C21H20FN5O3/c1-14(3-2-6-30-20-12-24-18(10-23)11-25-20)21(29)27-19(4-5-26-27)16-7-15(13-28)8-17(22)9-16/h5,7-9,11-12,19,28H,1-4,6,13H2. The summed E-state index contributed by atoms with van der Waals surface area (Å²) in [4.78, 5) is 20.6. The normalized spacial score (nSPS) is 15.1. The van der Waals surface area contributed by atoms with E-state index in [0.29, 0.717) is 48.4 Å². The molecule has 1 aromatic heterocycles. The highest BCUT2D eigenvalue weighted by molar-refractivity contribution is 5.94. The van der Waals surface area contributed by atoms with Crippen molar-refractivity contribution < 1.29 is 19.0 Å². The van der Waals surface area contributed by atoms with E-state index < -0.39 is 11.9 Å². The number of nitriles is 1. The third kappa shape index (κ3) is 5.04. The van der Waals surface area contributed by atoms with Crippen LogP contribution in [0.1, 0.15) is 42.1 Å². The average molecular weight is 409 g/mol. The van der Waals surface area contributed by atoms with Gasteiger partial charge in [0.1, 0.15) is 11.9 Å². The first-order chi connectivity index (χ1) is 14.5. The maximum absolute atomic E-state index is 13.8. The zero-order valence-corrected chi connectivity index (χ0v) is 16.2. The van der Waals surface area contributed by atoms with Crippen molar-refractivity contribution in [3.63, 3.8) is 0 Å². The number of carbonyl (C=O) groups is 1. The lowest BCUT2D eigenvalue weighted by Gasteiger charge is -2.23. The highest BCUT2D eigenvalue weighted by atomic mass is 19.1. The molecule has 1 atom stereocenters. The largest absolute Gasteiger partial charge is 0.477 e. The van der Waals surface area contributed by atoms with Crippen molar-refractivity contribution in [1.82, 2.24) is 15.0 Å². The van der Waals surface area contributed by atoms with Gasteiger partial charge in [0, 0.05) is 18.2 Å². The molecule has 0 fully saturated rings. The van der Waals surface area contributed by atoms with Gasteiger partial charge in [0.05, 0.1) is 31.6 Å². The van der Waals surface area contributed by atoms with E-state index in [1.165, 1.54) is 29.5 Å². The number of aliphatic hydroxyl groups is 1. The zero-order chi connectivity index (χ0) is 21.5. The Labute approximate surface area is 172 Å². The first kappa shape index (κ1) is 21.1. The highest BCUT2D eigenvalue weighted by Crippen LogP contribution is 2.31. The second kappa shape index (κ2) is 9.71. The Hall–Kier alpha value is -3.64. The van der Waals surface area contributed by atoms with Gasteiger partial charge in [-0.25, -0.2) is 19.4 Å². The summed E-state index contributed by atoms with van der Waals surface area (Å²) in [6.45, 7) is 3.85. The summed E-state index contributed by atoms with van der Waals surface area (Å²) in [5.74, 6) is -0.527. The molecule has 30 heavy (non-hydrogen) atoms. The van der Waals surface area contributed by atoms with E-state index in [-0.39, 0.29) is 18.2 Å². The summed E-state index contributed by atoms with van der Waals surface area (Å²) in [5, 5.41) is 23.4. The first-order valence-corrected chi connectivity index (χ1v) is 9.30. The minimum atomic E-state index is -0.474. The molecule has 1 amide bonds. The van der Waals surface area contributed by atoms with E-state index in [2.05, 4.69) is 21.6 Å². The zero-order valence-electron chi connectivity index (χ0n) is 16.2. The van der Waals surface area contributed by atoms with Crippen LogP contribution in [0.5, 0.6) is 5.88 Å². The molecular weight excluding hydrogens is 389 g/mol. The Morgan fingerprint density at radius 3 is 2.90 bits per heavy atom. The number of hydrazone groups is 1. The van der Waals surface area contributed by atoms with Crippen LogP contribution in [0.3, 0.4) is 0 Å². The number of rotatable bonds is 8. The van der Waals surface area contributed by atoms with Crippen molar-refractivity contribution in [2.45, 2.75) is 31.9 Å². The van der Waals surface area contributed by atoms with Gasteiger partial charge >= 0.3 is 0 Å². The van der Waals surface area contributed by atoms with Crippen LogP contribution >= 0.6 is 0 Å². The summed E-state index contributed by atoms with van der Waals surface area (Å²) in [6.07, 6.45) is 5.63. The summed E-state index contributed by atoms with van der Waals surface area (Å²) in [5.41, 5.74) is 1.56. The van der Waals surface area contributed by atoms with Crippen molar-refractivity contribution >= 4 is 12.1 Å². The number of aromatic nitrogens is 2. The second-order valence-corrected chi connectivity index (χ2v) is 6.66. The van der Waals surface area contributed by atoms with Crippen LogP contribution < -0.4 is 4.74 Å². The fourth-order valence-corrected chi connectivity index (χ4v) is 3.03. The molecule has 9 heteroatoms. The number of ether oxygens (including phenoxy) is 1. The van der Waals surface area contributed by atoms with E-state index in [1.54, 1.807) is 12.3 Å². The van der Waals surface area contributed by atoms with Gasteiger partial charge in [-0.1, -0.05) is 12.6 Å². The van der Waals surface area contributed by atoms with E-state index in [1.807, 2.05) is 6.07 Å². The Morgan fingerprint density at radius 1 is 1.37 bits per heavy atom. The Bertz CT molecular complexity index is 1000. The molecule has 0 saturated carbocycles. The van der Waals surface area contributed by atoms with Crippen LogP contribution in [-0.4, -0.2) is 38.8 Å². The lowest BCUT2D eigenvalue weighted by molar-refractivity contribution is -0.129. The molecule has 2 aromatic rings. The van der Waals surface area contributed by atoms with Crippen LogP contribution in [0.4, 0.5) is 4.39 Å². The number of amides is 1. The minimum absolute atomic E-state index is 0.200. The average Bonchev–Trinajstić information content (AvgIpc) is 3.26. The molecule has 0 radical (unpaired) electrons. The summed E-state index contributed by atoms with van der Waals surface area (Å²) >= 11 is 0. The second-order valence-electron chi connectivity index (χ2n) is 6.66. The van der Waals surface area contributed by atoms with Crippen molar-refractivity contribution in [3.8, 4) is 11.9 Å². The molecule has 0 aliphatic carbocycles. The predicted octanol–water partition coefficient (Wildman–Crippen LogP) is 2.65. The third-order valence-electron chi connectivity index (χ3n) is 4.50. The lowest BCUT2D eigenvalue weighted by Crippen LogP contribution is -2.28. The van der Waals surface area contributed by atoms with E-state index in [0.717, 1.165) is 0 Å². The monoisotopic (exact) mass is 409 g/mol. The Kier molecular flexibility index (Phi) is 6.83. The molecule has 2 heterocycles. The maximum atomic E-state index is 13.8. The summed E-state index contributed by atoms with van der Waals surface area (Å²) in [7, 11) is 0. The van der Waals surface area contributed by atoms with Crippen LogP contribution in [0.15, 0.2) is 47.8 Å². The quantitative estimate of drug-likeness (QED) is 0.530. The number of nitrogens with zero attached hydrogens (tertiary/aromatic N) is 5. The summed E-state index contributed by atoms with van der Waals surface area (Å²) < 4.78 is 19.3. The number of hydrogen-bond donors (Lipinski definition) is 1. The summed E-state index contributed by atoms with van der Waals surface area (Å²) in [6, 6.07) is 5.69. The molecular formula is C21H20FN5O3. The maximum Gasteiger partial charge on any atom is 0.269 e. The predicted molar refractivity (Wildman–Crippen MR) is 106 cm³/mol. The van der Waals surface area contributed by atoms with Gasteiger partial charge in [0.15, 0.2) is 5.69 Å². The number of hydrogen-bond acceptors (Lipinski definition) is 7. The minimum Gasteiger partial charge on any atom is -0.477 e. The SMILES string of the molecule is C=C(CCCOc1cnc(C#N)cn1)C(=O)N1N=CCC1c1cc(F)cc(CO)c1. The number of carbonyl (C=O) groups excluding carboxylic acids is 1. The molecule has 0 saturated heterocycles. The van der Waals surface area contributed by atoms with Crippen molar-refractivity contribution in [3.05, 3.63) is 65.4 Å². The van der Waals surface area contributed by atoms with Crippen LogP contribution in [-0.2, 0) is 11.4 Å². The van der Waals surface area contributed by atoms with Gasteiger partial charge in [-0.05, 0) is 36.1 Å². The van der Waals surface area contributed by atoms with E-state index >= 15 is 0 Å². The molecule has 0 bridgehead atoms. The Morgan fingerprint density at radius 2 is 2.20 bits per heavy atom. The molecule has 154 valence electrons. The van der Waals surface area contributed by atoms with Crippen molar-refractivity contribution in [2.24, 2.45) is 5.10 Å². The molecule has 1 aliphatic heterocycles. The number of halogens is 1. The molecule has 0 spiro atoms. The van der Waals surface area contributed by atoms with Gasteiger partial charge < -0.3 is 9.84 Å². The van der Waals surface area contributed by atoms with Crippen LogP contribution in [0, 0.1) is 17.1 Å². The van der Waals surface area contributed by atoms with Gasteiger partial charge in [-0.15, -0.1) is 0 Å². The number of aliphatic hydroxyl groups excluding tert-OH is 1. The molecule has 8 nitrogen and oxygen atoms in total. The van der Waals surface area contributed by atoms with Gasteiger partial charge in [0.25, 0.3) is 5.91 Å². The molecule has 3 rings (SSSR count). The van der Waals surface area contributed by atoms with Crippen LogP contribution in [0.2, 0.25) is 0 Å². The lowest BCUT2D eigenvalue weighted by atomic mass is 10.0. The first-order valence-electron chi connectivity index (χ1n) is 9.30. The molecule has 1 N–H and O–H groups in total. The van der Waals surface area contributed by atoms with Crippen molar-refractivity contribution in [2.75, 3.05) is 6.61 Å². The fourth-order valence-electron chi connectivity index (χ4n) is 3.03. The third-order valence-corrected chi connectivity index (χ3v) is 4.50. The topological polar surface area (TPSA) is 112 Å². The van der Waals surface area contributed by atoms with Gasteiger partial charge in [-0.3, -0.25) is 4.79 Å². The van der Waals surface area contributed by atoms with Gasteiger partial charge in [0.2, 0.25) is 5.88 Å². The van der Waals surface area contributed by atoms with Crippen LogP contribution in [0.25, 0.3) is 0 Å². The fraction of sp³-hybridized carbons (Fsp3) is 0.286. The van der Waals surface area contributed by atoms with E-state index in [4.69, 9.17) is 10.00 Å². The molecule has 1 aliphatic rings. The molecule has 1 unspecified atom stereocenters. The highest BCUT2D eigenvalue weighted by Gasteiger charge is 2.30. The smallest absolute Gasteiger partial charge is 0.269 e.